The molecule has 1 saturated heterocycles. The van der Waals surface area contributed by atoms with E-state index in [9.17, 15) is 18.0 Å². The first kappa shape index (κ1) is 17.3. The van der Waals surface area contributed by atoms with E-state index in [1.54, 1.807) is 11.8 Å². The summed E-state index contributed by atoms with van der Waals surface area (Å²) in [5.41, 5.74) is 0. The van der Waals surface area contributed by atoms with Crippen LogP contribution in [0.1, 0.15) is 16.6 Å². The van der Waals surface area contributed by atoms with Crippen molar-refractivity contribution in [3.63, 3.8) is 0 Å². The Morgan fingerprint density at radius 2 is 2.00 bits per heavy atom. The van der Waals surface area contributed by atoms with Gasteiger partial charge in [-0.05, 0) is 18.4 Å². The van der Waals surface area contributed by atoms with Crippen LogP contribution in [0.4, 0.5) is 0 Å². The van der Waals surface area contributed by atoms with Gasteiger partial charge in [0.15, 0.2) is 0 Å². The minimum Gasteiger partial charge on any atom is -0.480 e. The van der Waals surface area contributed by atoms with Crippen LogP contribution in [0.5, 0.6) is 0 Å². The van der Waals surface area contributed by atoms with E-state index in [4.69, 9.17) is 5.11 Å². The minimum absolute atomic E-state index is 0.0197. The highest BCUT2D eigenvalue weighted by Crippen LogP contribution is 2.27. The molecule has 0 aromatic carbocycles. The predicted octanol–water partition coefficient (Wildman–Crippen LogP) is 0.688. The number of hydrogen-bond donors (Lipinski definition) is 2. The van der Waals surface area contributed by atoms with Crippen LogP contribution in [0.3, 0.4) is 0 Å². The topological polar surface area (TPSA) is 104 Å². The molecule has 1 aliphatic heterocycles. The molecule has 10 heteroatoms. The molecule has 0 aliphatic carbocycles. The van der Waals surface area contributed by atoms with Crippen molar-refractivity contribution in [3.8, 4) is 0 Å². The molecular formula is C12H16N2O5S3. The molecule has 2 rings (SSSR count). The van der Waals surface area contributed by atoms with Gasteiger partial charge in [0.1, 0.15) is 15.8 Å². The molecule has 1 fully saturated rings. The number of sulfonamides is 1. The van der Waals surface area contributed by atoms with E-state index < -0.39 is 27.9 Å². The van der Waals surface area contributed by atoms with Gasteiger partial charge in [0.05, 0.1) is 0 Å². The fourth-order valence-corrected chi connectivity index (χ4v) is 5.80. The summed E-state index contributed by atoms with van der Waals surface area (Å²) in [6.07, 6.45) is 0. The Kier molecular flexibility index (Phi) is 5.48. The molecule has 1 amide bonds. The van der Waals surface area contributed by atoms with Crippen molar-refractivity contribution in [1.82, 2.24) is 9.62 Å². The van der Waals surface area contributed by atoms with Gasteiger partial charge in [0, 0.05) is 24.6 Å². The zero-order valence-electron chi connectivity index (χ0n) is 11.8. The average Bonchev–Trinajstić information content (AvgIpc) is 2.98. The number of carbonyl (C=O) groups excluding carboxylic acids is 1. The summed E-state index contributed by atoms with van der Waals surface area (Å²) in [5, 5.41) is 12.6. The van der Waals surface area contributed by atoms with Gasteiger partial charge in [-0.2, -0.15) is 16.1 Å². The lowest BCUT2D eigenvalue weighted by molar-refractivity contribution is -0.138. The molecule has 1 aromatic heterocycles. The van der Waals surface area contributed by atoms with E-state index in [-0.39, 0.29) is 9.77 Å². The molecule has 0 spiro atoms. The van der Waals surface area contributed by atoms with Crippen LogP contribution in [-0.4, -0.2) is 60.3 Å². The van der Waals surface area contributed by atoms with Crippen molar-refractivity contribution in [2.75, 3.05) is 24.6 Å². The molecule has 22 heavy (non-hydrogen) atoms. The van der Waals surface area contributed by atoms with E-state index in [1.165, 1.54) is 22.7 Å². The number of thioether (sulfide) groups is 1. The van der Waals surface area contributed by atoms with Gasteiger partial charge in [0.2, 0.25) is 10.0 Å². The molecule has 7 nitrogen and oxygen atoms in total. The highest BCUT2D eigenvalue weighted by Gasteiger charge is 2.31. The first-order valence-corrected chi connectivity index (χ1v) is 10.0. The van der Waals surface area contributed by atoms with Gasteiger partial charge in [-0.3, -0.25) is 9.59 Å². The quantitative estimate of drug-likeness (QED) is 0.797. The van der Waals surface area contributed by atoms with E-state index in [0.29, 0.717) is 13.1 Å². The predicted molar refractivity (Wildman–Crippen MR) is 85.0 cm³/mol. The Hall–Kier alpha value is -1.10. The lowest BCUT2D eigenvalue weighted by Gasteiger charge is -2.25. The second-order valence-electron chi connectivity index (χ2n) is 4.66. The molecule has 0 bridgehead atoms. The largest absolute Gasteiger partial charge is 0.480 e. The number of carbonyl (C=O) groups is 2. The van der Waals surface area contributed by atoms with Gasteiger partial charge >= 0.3 is 5.97 Å². The first-order chi connectivity index (χ1) is 10.3. The zero-order valence-corrected chi connectivity index (χ0v) is 14.3. The van der Waals surface area contributed by atoms with Gasteiger partial charge in [-0.25, -0.2) is 8.42 Å². The highest BCUT2D eigenvalue weighted by atomic mass is 32.2. The van der Waals surface area contributed by atoms with Crippen molar-refractivity contribution >= 4 is 45.0 Å². The number of carboxylic acids is 1. The molecule has 2 heterocycles. The number of hydrogen-bond acceptors (Lipinski definition) is 6. The lowest BCUT2D eigenvalue weighted by atomic mass is 10.3. The molecule has 1 unspecified atom stereocenters. The van der Waals surface area contributed by atoms with Crippen LogP contribution in [-0.2, 0) is 14.8 Å². The normalized spacial score (nSPS) is 17.9. The summed E-state index contributed by atoms with van der Waals surface area (Å²) in [6, 6.07) is 0.304. The third kappa shape index (κ3) is 3.62. The molecule has 1 aromatic rings. The van der Waals surface area contributed by atoms with Crippen molar-refractivity contribution in [2.24, 2.45) is 0 Å². The fourth-order valence-electron chi connectivity index (χ4n) is 1.92. The van der Waals surface area contributed by atoms with E-state index in [0.717, 1.165) is 22.8 Å². The molecule has 2 N–H and O–H groups in total. The molecule has 0 saturated carbocycles. The van der Waals surface area contributed by atoms with Crippen molar-refractivity contribution in [3.05, 3.63) is 16.3 Å². The standard InChI is InChI=1S/C12H16N2O5S3/c1-8(12(16)17)13-11(15)10-9(2-5-21-10)22(18,19)14-3-6-20-7-4-14/h2,5,8H,3-4,6-7H2,1H3,(H,13,15)(H,16,17). The van der Waals surface area contributed by atoms with Crippen molar-refractivity contribution in [1.29, 1.82) is 0 Å². The smallest absolute Gasteiger partial charge is 0.325 e. The number of carboxylic acid groups (broad SMARTS) is 1. The van der Waals surface area contributed by atoms with E-state index in [2.05, 4.69) is 5.32 Å². The number of aliphatic carboxylic acids is 1. The third-order valence-corrected chi connectivity index (χ3v) is 7.07. The molecule has 1 atom stereocenters. The Balaban J connectivity index is 2.25. The second kappa shape index (κ2) is 6.99. The van der Waals surface area contributed by atoms with Crippen LogP contribution in [0.2, 0.25) is 0 Å². The van der Waals surface area contributed by atoms with Crippen molar-refractivity contribution in [2.45, 2.75) is 17.9 Å². The fraction of sp³-hybridized carbons (Fsp3) is 0.500. The first-order valence-electron chi connectivity index (χ1n) is 6.53. The number of thiophene rings is 1. The summed E-state index contributed by atoms with van der Waals surface area (Å²) >= 11 is 2.67. The highest BCUT2D eigenvalue weighted by molar-refractivity contribution is 7.99. The van der Waals surface area contributed by atoms with E-state index >= 15 is 0 Å². The molecular weight excluding hydrogens is 348 g/mol. The van der Waals surface area contributed by atoms with Crippen LogP contribution in [0, 0.1) is 0 Å². The third-order valence-electron chi connectivity index (χ3n) is 3.14. The summed E-state index contributed by atoms with van der Waals surface area (Å²) in [6.45, 7) is 2.15. The number of rotatable bonds is 5. The summed E-state index contributed by atoms with van der Waals surface area (Å²) < 4.78 is 26.6. The van der Waals surface area contributed by atoms with Gasteiger partial charge in [-0.15, -0.1) is 11.3 Å². The number of nitrogens with zero attached hydrogens (tertiary/aromatic N) is 1. The Morgan fingerprint density at radius 1 is 1.36 bits per heavy atom. The SMILES string of the molecule is CC(NC(=O)c1sccc1S(=O)(=O)N1CCSCC1)C(=O)O. The maximum Gasteiger partial charge on any atom is 0.325 e. The van der Waals surface area contributed by atoms with Crippen LogP contribution >= 0.6 is 23.1 Å². The zero-order chi connectivity index (χ0) is 16.3. The van der Waals surface area contributed by atoms with Crippen LogP contribution in [0.15, 0.2) is 16.3 Å². The Morgan fingerprint density at radius 3 is 2.59 bits per heavy atom. The van der Waals surface area contributed by atoms with Crippen molar-refractivity contribution < 1.29 is 23.1 Å². The molecule has 1 aliphatic rings. The molecule has 0 radical (unpaired) electrons. The van der Waals surface area contributed by atoms with Gasteiger partial charge in [0.25, 0.3) is 5.91 Å². The number of amides is 1. The van der Waals surface area contributed by atoms with Gasteiger partial charge < -0.3 is 10.4 Å². The average molecular weight is 364 g/mol. The van der Waals surface area contributed by atoms with Crippen LogP contribution in [0.25, 0.3) is 0 Å². The summed E-state index contributed by atoms with van der Waals surface area (Å²) in [7, 11) is -3.73. The maximum absolute atomic E-state index is 12.6. The summed E-state index contributed by atoms with van der Waals surface area (Å²) in [4.78, 5) is 22.9. The maximum atomic E-state index is 12.6. The summed E-state index contributed by atoms with van der Waals surface area (Å²) in [5.74, 6) is -0.417. The second-order valence-corrected chi connectivity index (χ2v) is 8.71. The minimum atomic E-state index is -3.73. The monoisotopic (exact) mass is 364 g/mol. The lowest BCUT2D eigenvalue weighted by Crippen LogP contribution is -2.40. The van der Waals surface area contributed by atoms with Gasteiger partial charge in [-0.1, -0.05) is 0 Å². The van der Waals surface area contributed by atoms with E-state index in [1.807, 2.05) is 0 Å². The Bertz CT molecular complexity index is 664. The van der Waals surface area contributed by atoms with Crippen LogP contribution < -0.4 is 5.32 Å². The Labute approximate surface area is 136 Å². The molecule has 122 valence electrons. The number of nitrogens with one attached hydrogen (secondary N) is 1.